The van der Waals surface area contributed by atoms with Crippen molar-refractivity contribution in [2.24, 2.45) is 0 Å². The average molecular weight is 170 g/mol. The Balaban J connectivity index is 3.48. The van der Waals surface area contributed by atoms with Crippen LogP contribution in [0.4, 0.5) is 0 Å². The number of terminal acetylenes is 1. The number of ether oxygens (including phenoxy) is 2. The molecule has 0 unspecified atom stereocenters. The van der Waals surface area contributed by atoms with Gasteiger partial charge in [-0.05, 0) is 0 Å². The smallest absolute Gasteiger partial charge is 0.313 e. The van der Waals surface area contributed by atoms with Crippen molar-refractivity contribution in [1.29, 1.82) is 0 Å². The van der Waals surface area contributed by atoms with E-state index in [9.17, 15) is 9.59 Å². The van der Waals surface area contributed by atoms with Crippen LogP contribution in [-0.2, 0) is 19.1 Å². The van der Waals surface area contributed by atoms with Gasteiger partial charge in [0, 0.05) is 0 Å². The minimum Gasteiger partial charge on any atom is -0.469 e. The van der Waals surface area contributed by atoms with Crippen LogP contribution in [0.2, 0.25) is 0 Å². The number of hydrogen-bond acceptors (Lipinski definition) is 4. The van der Waals surface area contributed by atoms with Crippen LogP contribution < -0.4 is 0 Å². The lowest BCUT2D eigenvalue weighted by atomic mass is 10.3. The van der Waals surface area contributed by atoms with Gasteiger partial charge in [0.25, 0.3) is 0 Å². The zero-order valence-corrected chi connectivity index (χ0v) is 6.83. The molecular formula is C8H10O4. The molecule has 0 saturated carbocycles. The standard InChI is InChI=1S/C8H10O4/c1-3-4-12-6-7(9)5-8(10)11-2/h1H,4-6H2,2H3. The van der Waals surface area contributed by atoms with Gasteiger partial charge in [-0.2, -0.15) is 0 Å². The van der Waals surface area contributed by atoms with Crippen molar-refractivity contribution in [2.45, 2.75) is 6.42 Å². The Morgan fingerprint density at radius 2 is 2.17 bits per heavy atom. The molecule has 12 heavy (non-hydrogen) atoms. The van der Waals surface area contributed by atoms with E-state index in [4.69, 9.17) is 11.2 Å². The number of ketones is 1. The summed E-state index contributed by atoms with van der Waals surface area (Å²) in [6, 6.07) is 0. The molecule has 0 aliphatic rings. The number of carbonyl (C=O) groups excluding carboxylic acids is 2. The van der Waals surface area contributed by atoms with Gasteiger partial charge >= 0.3 is 5.97 Å². The Labute approximate surface area is 70.8 Å². The molecule has 4 nitrogen and oxygen atoms in total. The third-order valence-corrected chi connectivity index (χ3v) is 1.02. The highest BCUT2D eigenvalue weighted by Gasteiger charge is 2.08. The first-order valence-corrected chi connectivity index (χ1v) is 3.30. The summed E-state index contributed by atoms with van der Waals surface area (Å²) in [5.74, 6) is 1.30. The van der Waals surface area contributed by atoms with Crippen LogP contribution in [0.25, 0.3) is 0 Å². The molecule has 0 atom stereocenters. The number of hydrogen-bond donors (Lipinski definition) is 0. The molecule has 0 amide bonds. The summed E-state index contributed by atoms with van der Waals surface area (Å²) in [7, 11) is 1.22. The summed E-state index contributed by atoms with van der Waals surface area (Å²) in [5.41, 5.74) is 0. The normalized spacial score (nSPS) is 8.67. The zero-order valence-electron chi connectivity index (χ0n) is 6.83. The van der Waals surface area contributed by atoms with E-state index < -0.39 is 5.97 Å². The second-order valence-electron chi connectivity index (χ2n) is 1.99. The molecule has 0 saturated heterocycles. The maximum absolute atomic E-state index is 10.8. The molecular weight excluding hydrogens is 160 g/mol. The lowest BCUT2D eigenvalue weighted by molar-refractivity contribution is -0.144. The zero-order chi connectivity index (χ0) is 9.40. The summed E-state index contributed by atoms with van der Waals surface area (Å²) in [6.07, 6.45) is 4.60. The van der Waals surface area contributed by atoms with E-state index in [2.05, 4.69) is 10.7 Å². The van der Waals surface area contributed by atoms with Gasteiger partial charge < -0.3 is 9.47 Å². The minimum atomic E-state index is -0.565. The van der Waals surface area contributed by atoms with Gasteiger partial charge in [0.15, 0.2) is 5.78 Å². The van der Waals surface area contributed by atoms with Crippen LogP contribution in [-0.4, -0.2) is 32.1 Å². The first-order chi connectivity index (χ1) is 5.70. The van der Waals surface area contributed by atoms with Crippen LogP contribution in [0.15, 0.2) is 0 Å². The Bertz CT molecular complexity index is 202. The van der Waals surface area contributed by atoms with E-state index in [-0.39, 0.29) is 25.4 Å². The van der Waals surface area contributed by atoms with Crippen LogP contribution in [0.3, 0.4) is 0 Å². The summed E-state index contributed by atoms with van der Waals surface area (Å²) in [4.78, 5) is 21.3. The fourth-order valence-electron chi connectivity index (χ4n) is 0.508. The minimum absolute atomic E-state index is 0.0763. The van der Waals surface area contributed by atoms with Gasteiger partial charge in [0.05, 0.1) is 7.11 Å². The Hall–Kier alpha value is -1.34. The molecule has 66 valence electrons. The van der Waals surface area contributed by atoms with Crippen molar-refractivity contribution in [3.8, 4) is 12.3 Å². The van der Waals surface area contributed by atoms with E-state index in [1.165, 1.54) is 7.11 Å². The molecule has 0 aromatic heterocycles. The molecule has 0 bridgehead atoms. The van der Waals surface area contributed by atoms with Crippen molar-refractivity contribution < 1.29 is 19.1 Å². The summed E-state index contributed by atoms with van der Waals surface area (Å²) in [5, 5.41) is 0. The predicted octanol–water partition coefficient (Wildman–Crippen LogP) is -0.232. The summed E-state index contributed by atoms with van der Waals surface area (Å²) in [6.45, 7) is -0.0633. The molecule has 0 aromatic carbocycles. The molecule has 0 aromatic rings. The third-order valence-electron chi connectivity index (χ3n) is 1.02. The second-order valence-corrected chi connectivity index (χ2v) is 1.99. The quantitative estimate of drug-likeness (QED) is 0.247. The molecule has 0 spiro atoms. The monoisotopic (exact) mass is 170 g/mol. The highest BCUT2D eigenvalue weighted by atomic mass is 16.5. The molecule has 0 fully saturated rings. The number of Topliss-reactive ketones (excluding diaryl/α,β-unsaturated/α-hetero) is 1. The van der Waals surface area contributed by atoms with Gasteiger partial charge in [-0.1, -0.05) is 5.92 Å². The molecule has 4 heteroatoms. The van der Waals surface area contributed by atoms with Crippen molar-refractivity contribution >= 4 is 11.8 Å². The molecule has 0 heterocycles. The number of methoxy groups -OCH3 is 1. The maximum Gasteiger partial charge on any atom is 0.313 e. The van der Waals surface area contributed by atoms with Crippen LogP contribution in [0, 0.1) is 12.3 Å². The van der Waals surface area contributed by atoms with Gasteiger partial charge in [-0.15, -0.1) is 6.42 Å². The average Bonchev–Trinajstić information content (AvgIpc) is 2.05. The summed E-state index contributed by atoms with van der Waals surface area (Å²) < 4.78 is 8.97. The SMILES string of the molecule is C#CCOCC(=O)CC(=O)OC. The van der Waals surface area contributed by atoms with Gasteiger partial charge in [0.1, 0.15) is 19.6 Å². The van der Waals surface area contributed by atoms with Gasteiger partial charge in [-0.3, -0.25) is 9.59 Å². The van der Waals surface area contributed by atoms with E-state index >= 15 is 0 Å². The van der Waals surface area contributed by atoms with Crippen LogP contribution >= 0.6 is 0 Å². The van der Waals surface area contributed by atoms with E-state index in [0.29, 0.717) is 0 Å². The lowest BCUT2D eigenvalue weighted by Crippen LogP contribution is -2.14. The highest BCUT2D eigenvalue weighted by Crippen LogP contribution is 1.87. The predicted molar refractivity (Wildman–Crippen MR) is 41.3 cm³/mol. The van der Waals surface area contributed by atoms with Crippen molar-refractivity contribution in [2.75, 3.05) is 20.3 Å². The summed E-state index contributed by atoms with van der Waals surface area (Å²) >= 11 is 0. The van der Waals surface area contributed by atoms with E-state index in [0.717, 1.165) is 0 Å². The van der Waals surface area contributed by atoms with Gasteiger partial charge in [0.2, 0.25) is 0 Å². The first kappa shape index (κ1) is 10.7. The van der Waals surface area contributed by atoms with Crippen LogP contribution in [0.5, 0.6) is 0 Å². The molecule has 0 N–H and O–H groups in total. The molecule has 0 radical (unpaired) electrons. The van der Waals surface area contributed by atoms with E-state index in [1.54, 1.807) is 0 Å². The first-order valence-electron chi connectivity index (χ1n) is 3.30. The number of rotatable bonds is 5. The Morgan fingerprint density at radius 1 is 1.50 bits per heavy atom. The number of esters is 1. The fourth-order valence-corrected chi connectivity index (χ4v) is 0.508. The second kappa shape index (κ2) is 6.38. The Morgan fingerprint density at radius 3 is 2.67 bits per heavy atom. The van der Waals surface area contributed by atoms with Gasteiger partial charge in [-0.25, -0.2) is 0 Å². The van der Waals surface area contributed by atoms with Crippen molar-refractivity contribution in [3.05, 3.63) is 0 Å². The Kier molecular flexibility index (Phi) is 5.66. The lowest BCUT2D eigenvalue weighted by Gasteiger charge is -1.98. The van der Waals surface area contributed by atoms with Crippen molar-refractivity contribution in [1.82, 2.24) is 0 Å². The molecule has 0 rings (SSSR count). The maximum atomic E-state index is 10.8. The van der Waals surface area contributed by atoms with E-state index in [1.807, 2.05) is 0 Å². The largest absolute Gasteiger partial charge is 0.469 e. The van der Waals surface area contributed by atoms with Crippen LogP contribution in [0.1, 0.15) is 6.42 Å². The topological polar surface area (TPSA) is 52.6 Å². The molecule has 0 aliphatic carbocycles. The highest BCUT2D eigenvalue weighted by molar-refractivity contribution is 5.96. The number of carbonyl (C=O) groups is 2. The molecule has 0 aliphatic heterocycles. The van der Waals surface area contributed by atoms with Crippen molar-refractivity contribution in [3.63, 3.8) is 0 Å². The fraction of sp³-hybridized carbons (Fsp3) is 0.500. The third kappa shape index (κ3) is 5.45.